The number of benzene rings is 1. The van der Waals surface area contributed by atoms with Gasteiger partial charge in [-0.1, -0.05) is 50.4 Å². The molecule has 1 fully saturated rings. The smallest absolute Gasteiger partial charge is 0.0612 e. The van der Waals surface area contributed by atoms with Crippen molar-refractivity contribution in [3.8, 4) is 0 Å². The average molecular weight is 315 g/mol. The summed E-state index contributed by atoms with van der Waals surface area (Å²) in [6.45, 7) is 8.85. The summed E-state index contributed by atoms with van der Waals surface area (Å²) in [4.78, 5) is 2.49. The average Bonchev–Trinajstić information content (AvgIpc) is 2.42. The minimum absolute atomic E-state index is 0.500. The molecule has 1 aromatic rings. The van der Waals surface area contributed by atoms with Crippen LogP contribution in [0.15, 0.2) is 18.2 Å². The van der Waals surface area contributed by atoms with Crippen molar-refractivity contribution < 1.29 is 0 Å². The van der Waals surface area contributed by atoms with Crippen LogP contribution in [0.25, 0.3) is 0 Å². The molecule has 4 heteroatoms. The summed E-state index contributed by atoms with van der Waals surface area (Å²) < 4.78 is 0. The van der Waals surface area contributed by atoms with E-state index in [1.165, 1.54) is 18.5 Å². The highest BCUT2D eigenvalue weighted by Crippen LogP contribution is 2.30. The Bertz CT molecular complexity index is 448. The molecule has 1 aromatic carbocycles. The van der Waals surface area contributed by atoms with Crippen molar-refractivity contribution in [2.75, 3.05) is 18.0 Å². The number of halogens is 2. The van der Waals surface area contributed by atoms with Gasteiger partial charge >= 0.3 is 0 Å². The van der Waals surface area contributed by atoms with Crippen LogP contribution in [0.2, 0.25) is 10.0 Å². The van der Waals surface area contributed by atoms with Crippen molar-refractivity contribution in [2.24, 2.45) is 5.92 Å². The molecule has 0 aliphatic carbocycles. The van der Waals surface area contributed by atoms with Crippen LogP contribution >= 0.6 is 23.2 Å². The normalized spacial score (nSPS) is 23.4. The van der Waals surface area contributed by atoms with Gasteiger partial charge in [0.2, 0.25) is 0 Å². The monoisotopic (exact) mass is 314 g/mol. The molecule has 20 heavy (non-hydrogen) atoms. The molecular formula is C16H24Cl2N2. The minimum Gasteiger partial charge on any atom is -0.365 e. The Morgan fingerprint density at radius 2 is 2.05 bits per heavy atom. The number of rotatable bonds is 4. The van der Waals surface area contributed by atoms with Gasteiger partial charge in [0, 0.05) is 30.9 Å². The molecule has 0 saturated carbocycles. The molecule has 0 spiro atoms. The molecule has 1 saturated heterocycles. The summed E-state index contributed by atoms with van der Waals surface area (Å²) in [5.41, 5.74) is 1.18. The Kier molecular flexibility index (Phi) is 5.59. The summed E-state index contributed by atoms with van der Waals surface area (Å²) in [5.74, 6) is 0.597. The fourth-order valence-electron chi connectivity index (χ4n) is 2.93. The lowest BCUT2D eigenvalue weighted by Crippen LogP contribution is -2.58. The summed E-state index contributed by atoms with van der Waals surface area (Å²) in [5, 5.41) is 4.93. The Morgan fingerprint density at radius 3 is 2.65 bits per heavy atom. The summed E-state index contributed by atoms with van der Waals surface area (Å²) in [6, 6.07) is 7.03. The van der Waals surface area contributed by atoms with Gasteiger partial charge in [-0.15, -0.1) is 0 Å². The van der Waals surface area contributed by atoms with Gasteiger partial charge in [-0.3, -0.25) is 0 Å². The van der Waals surface area contributed by atoms with Crippen LogP contribution in [0.1, 0.15) is 33.6 Å². The predicted molar refractivity (Wildman–Crippen MR) is 89.1 cm³/mol. The van der Waals surface area contributed by atoms with E-state index >= 15 is 0 Å². The molecule has 2 rings (SSSR count). The summed E-state index contributed by atoms with van der Waals surface area (Å²) in [7, 11) is 0. The number of nitrogens with one attached hydrogen (secondary N) is 1. The summed E-state index contributed by atoms with van der Waals surface area (Å²) >= 11 is 12.2. The van der Waals surface area contributed by atoms with Crippen LogP contribution in [0.4, 0.5) is 5.69 Å². The van der Waals surface area contributed by atoms with E-state index in [0.717, 1.165) is 13.1 Å². The first-order valence-electron chi connectivity index (χ1n) is 7.48. The molecular weight excluding hydrogens is 291 g/mol. The largest absolute Gasteiger partial charge is 0.365 e. The van der Waals surface area contributed by atoms with Crippen LogP contribution in [-0.2, 0) is 0 Å². The third kappa shape index (κ3) is 3.60. The molecule has 0 aromatic heterocycles. The van der Waals surface area contributed by atoms with E-state index in [2.05, 4.69) is 37.1 Å². The van der Waals surface area contributed by atoms with E-state index in [0.29, 0.717) is 28.0 Å². The van der Waals surface area contributed by atoms with Gasteiger partial charge in [0.25, 0.3) is 0 Å². The van der Waals surface area contributed by atoms with Gasteiger partial charge < -0.3 is 10.2 Å². The van der Waals surface area contributed by atoms with E-state index in [-0.39, 0.29) is 0 Å². The topological polar surface area (TPSA) is 15.3 Å². The maximum atomic E-state index is 6.18. The van der Waals surface area contributed by atoms with Crippen LogP contribution in [0.3, 0.4) is 0 Å². The van der Waals surface area contributed by atoms with Gasteiger partial charge in [-0.25, -0.2) is 0 Å². The highest BCUT2D eigenvalue weighted by atomic mass is 35.5. The lowest BCUT2D eigenvalue weighted by atomic mass is 9.96. The Hall–Kier alpha value is -0.440. The molecule has 1 heterocycles. The second kappa shape index (κ2) is 7.02. The standard InChI is InChI=1S/C16H24Cl2N2/c1-4-5-12-10-20(16(9-19-12)11(2)3)13-6-7-14(17)15(18)8-13/h6-8,11-12,16,19H,4-5,9-10H2,1-3H3. The molecule has 1 aliphatic rings. The van der Waals surface area contributed by atoms with E-state index in [4.69, 9.17) is 23.2 Å². The number of nitrogens with zero attached hydrogens (tertiary/aromatic N) is 1. The molecule has 2 atom stereocenters. The molecule has 0 bridgehead atoms. The molecule has 112 valence electrons. The van der Waals surface area contributed by atoms with Crippen molar-refractivity contribution in [1.29, 1.82) is 0 Å². The first-order valence-corrected chi connectivity index (χ1v) is 8.23. The zero-order valence-corrected chi connectivity index (χ0v) is 14.0. The Balaban J connectivity index is 2.24. The quantitative estimate of drug-likeness (QED) is 0.874. The van der Waals surface area contributed by atoms with Gasteiger partial charge in [0.1, 0.15) is 0 Å². The van der Waals surface area contributed by atoms with E-state index in [1.807, 2.05) is 12.1 Å². The van der Waals surface area contributed by atoms with Crippen LogP contribution in [0.5, 0.6) is 0 Å². The highest BCUT2D eigenvalue weighted by Gasteiger charge is 2.29. The van der Waals surface area contributed by atoms with Crippen molar-refractivity contribution in [2.45, 2.75) is 45.7 Å². The van der Waals surface area contributed by atoms with Crippen molar-refractivity contribution in [1.82, 2.24) is 5.32 Å². The Morgan fingerprint density at radius 1 is 1.30 bits per heavy atom. The molecule has 0 radical (unpaired) electrons. The first kappa shape index (κ1) is 15.9. The first-order chi connectivity index (χ1) is 9.52. The van der Waals surface area contributed by atoms with E-state index in [1.54, 1.807) is 0 Å². The molecule has 1 N–H and O–H groups in total. The van der Waals surface area contributed by atoms with Crippen LogP contribution in [0, 0.1) is 5.92 Å². The third-order valence-corrected chi connectivity index (χ3v) is 4.81. The van der Waals surface area contributed by atoms with Crippen LogP contribution < -0.4 is 10.2 Å². The van der Waals surface area contributed by atoms with E-state index in [9.17, 15) is 0 Å². The van der Waals surface area contributed by atoms with Gasteiger partial charge in [0.05, 0.1) is 10.0 Å². The molecule has 2 nitrogen and oxygen atoms in total. The SMILES string of the molecule is CCCC1CN(c2ccc(Cl)c(Cl)c2)C(C(C)C)CN1. The van der Waals surface area contributed by atoms with Crippen LogP contribution in [-0.4, -0.2) is 25.2 Å². The number of hydrogen-bond donors (Lipinski definition) is 1. The number of anilines is 1. The lowest BCUT2D eigenvalue weighted by molar-refractivity contribution is 0.327. The van der Waals surface area contributed by atoms with Gasteiger partial charge in [-0.2, -0.15) is 0 Å². The lowest BCUT2D eigenvalue weighted by Gasteiger charge is -2.44. The fourth-order valence-corrected chi connectivity index (χ4v) is 3.23. The third-order valence-electron chi connectivity index (χ3n) is 4.07. The van der Waals surface area contributed by atoms with Gasteiger partial charge in [-0.05, 0) is 30.5 Å². The maximum absolute atomic E-state index is 6.18. The van der Waals surface area contributed by atoms with E-state index < -0.39 is 0 Å². The van der Waals surface area contributed by atoms with Crippen molar-refractivity contribution in [3.05, 3.63) is 28.2 Å². The molecule has 0 amide bonds. The highest BCUT2D eigenvalue weighted by molar-refractivity contribution is 6.42. The minimum atomic E-state index is 0.500. The Labute approximate surface area is 132 Å². The predicted octanol–water partition coefficient (Wildman–Crippen LogP) is 4.60. The molecule has 2 unspecified atom stereocenters. The summed E-state index contributed by atoms with van der Waals surface area (Å²) in [6.07, 6.45) is 2.42. The maximum Gasteiger partial charge on any atom is 0.0612 e. The zero-order chi connectivity index (χ0) is 14.7. The van der Waals surface area contributed by atoms with Gasteiger partial charge in [0.15, 0.2) is 0 Å². The zero-order valence-electron chi connectivity index (χ0n) is 12.5. The number of piperazine rings is 1. The van der Waals surface area contributed by atoms with Crippen molar-refractivity contribution in [3.63, 3.8) is 0 Å². The van der Waals surface area contributed by atoms with Crippen molar-refractivity contribution >= 4 is 28.9 Å². The second-order valence-corrected chi connectivity index (χ2v) is 6.77. The second-order valence-electron chi connectivity index (χ2n) is 5.96. The number of hydrogen-bond acceptors (Lipinski definition) is 2. The fraction of sp³-hybridized carbons (Fsp3) is 0.625. The molecule has 1 aliphatic heterocycles.